The minimum absolute atomic E-state index is 0.0336. The first-order valence-electron chi connectivity index (χ1n) is 9.93. The highest BCUT2D eigenvalue weighted by Crippen LogP contribution is 2.26. The molecule has 146 valence electrons. The normalized spacial score (nSPS) is 23.0. The molecule has 27 heavy (non-hydrogen) atoms. The topological polar surface area (TPSA) is 81.5 Å². The van der Waals surface area contributed by atoms with Gasteiger partial charge in [-0.2, -0.15) is 5.26 Å². The van der Waals surface area contributed by atoms with Crippen LogP contribution in [0.25, 0.3) is 0 Å². The molecule has 1 saturated carbocycles. The van der Waals surface area contributed by atoms with E-state index in [1.165, 1.54) is 19.3 Å². The van der Waals surface area contributed by atoms with Crippen LogP contribution in [0.4, 0.5) is 10.6 Å². The molecule has 2 fully saturated rings. The SMILES string of the molecule is CC1CCCCC1OCCNC(=O)N1CCN(c2cc(C#N)ccn2)CC1. The number of hydrogen-bond acceptors (Lipinski definition) is 5. The van der Waals surface area contributed by atoms with Gasteiger partial charge >= 0.3 is 6.03 Å². The molecule has 0 bridgehead atoms. The summed E-state index contributed by atoms with van der Waals surface area (Å²) in [7, 11) is 0. The first-order valence-corrected chi connectivity index (χ1v) is 9.93. The summed E-state index contributed by atoms with van der Waals surface area (Å²) in [6.07, 6.45) is 6.93. The van der Waals surface area contributed by atoms with Gasteiger partial charge in [0.25, 0.3) is 0 Å². The number of amides is 2. The van der Waals surface area contributed by atoms with Crippen LogP contribution in [0.2, 0.25) is 0 Å². The average molecular weight is 371 g/mol. The third-order valence-corrected chi connectivity index (χ3v) is 5.51. The summed E-state index contributed by atoms with van der Waals surface area (Å²) >= 11 is 0. The highest BCUT2D eigenvalue weighted by atomic mass is 16.5. The van der Waals surface area contributed by atoms with Crippen molar-refractivity contribution in [3.05, 3.63) is 23.9 Å². The molecular formula is C20H29N5O2. The van der Waals surface area contributed by atoms with Crippen LogP contribution in [0.1, 0.15) is 38.2 Å². The minimum atomic E-state index is -0.0336. The Labute approximate surface area is 161 Å². The molecule has 3 rings (SSSR count). The van der Waals surface area contributed by atoms with Crippen molar-refractivity contribution in [3.8, 4) is 6.07 Å². The zero-order valence-corrected chi connectivity index (χ0v) is 16.1. The summed E-state index contributed by atoms with van der Waals surface area (Å²) in [6.45, 7) is 6.09. The Morgan fingerprint density at radius 3 is 2.85 bits per heavy atom. The largest absolute Gasteiger partial charge is 0.376 e. The fraction of sp³-hybridized carbons (Fsp3) is 0.650. The van der Waals surface area contributed by atoms with Crippen molar-refractivity contribution in [2.45, 2.75) is 38.7 Å². The molecule has 0 aromatic carbocycles. The van der Waals surface area contributed by atoms with Gasteiger partial charge in [-0.05, 0) is 30.9 Å². The second-order valence-corrected chi connectivity index (χ2v) is 7.39. The van der Waals surface area contributed by atoms with Gasteiger partial charge in [0.2, 0.25) is 0 Å². The Morgan fingerprint density at radius 1 is 1.33 bits per heavy atom. The number of piperazine rings is 1. The molecule has 2 heterocycles. The van der Waals surface area contributed by atoms with Crippen molar-refractivity contribution < 1.29 is 9.53 Å². The van der Waals surface area contributed by atoms with E-state index in [4.69, 9.17) is 10.00 Å². The lowest BCUT2D eigenvalue weighted by Gasteiger charge is -2.35. The number of aromatic nitrogens is 1. The summed E-state index contributed by atoms with van der Waals surface area (Å²) in [4.78, 5) is 20.6. The molecule has 7 nitrogen and oxygen atoms in total. The molecular weight excluding hydrogens is 342 g/mol. The monoisotopic (exact) mass is 371 g/mol. The number of hydrogen-bond donors (Lipinski definition) is 1. The van der Waals surface area contributed by atoms with Crippen LogP contribution in [-0.2, 0) is 4.74 Å². The van der Waals surface area contributed by atoms with Crippen molar-refractivity contribution in [1.82, 2.24) is 15.2 Å². The maximum absolute atomic E-state index is 12.3. The van der Waals surface area contributed by atoms with Gasteiger partial charge in [-0.15, -0.1) is 0 Å². The summed E-state index contributed by atoms with van der Waals surface area (Å²) < 4.78 is 5.95. The van der Waals surface area contributed by atoms with E-state index in [2.05, 4.69) is 28.2 Å². The molecule has 7 heteroatoms. The van der Waals surface area contributed by atoms with E-state index in [9.17, 15) is 4.79 Å². The fourth-order valence-corrected chi connectivity index (χ4v) is 3.81. The average Bonchev–Trinajstić information content (AvgIpc) is 2.72. The van der Waals surface area contributed by atoms with E-state index in [1.807, 2.05) is 4.90 Å². The van der Waals surface area contributed by atoms with Crippen molar-refractivity contribution in [2.75, 3.05) is 44.2 Å². The lowest BCUT2D eigenvalue weighted by atomic mass is 9.88. The molecule has 2 aliphatic rings. The van der Waals surface area contributed by atoms with Gasteiger partial charge in [0.15, 0.2) is 0 Å². The van der Waals surface area contributed by atoms with E-state index in [0.717, 1.165) is 12.2 Å². The molecule has 2 atom stereocenters. The summed E-state index contributed by atoms with van der Waals surface area (Å²) in [5, 5.41) is 12.0. The zero-order chi connectivity index (χ0) is 19.1. The Balaban J connectivity index is 1.36. The molecule has 2 unspecified atom stereocenters. The first kappa shape index (κ1) is 19.4. The number of carbonyl (C=O) groups is 1. The Hall–Kier alpha value is -2.33. The lowest BCUT2D eigenvalue weighted by molar-refractivity contribution is -0.00272. The van der Waals surface area contributed by atoms with Crippen LogP contribution in [0.5, 0.6) is 0 Å². The van der Waals surface area contributed by atoms with E-state index >= 15 is 0 Å². The second-order valence-electron chi connectivity index (χ2n) is 7.39. The maximum Gasteiger partial charge on any atom is 0.317 e. The quantitative estimate of drug-likeness (QED) is 0.804. The Morgan fingerprint density at radius 2 is 2.11 bits per heavy atom. The van der Waals surface area contributed by atoms with Gasteiger partial charge in [-0.25, -0.2) is 9.78 Å². The summed E-state index contributed by atoms with van der Waals surface area (Å²) in [5.74, 6) is 1.42. The van der Waals surface area contributed by atoms with Gasteiger partial charge in [-0.1, -0.05) is 19.8 Å². The highest BCUT2D eigenvalue weighted by Gasteiger charge is 2.23. The molecule has 1 saturated heterocycles. The third kappa shape index (κ3) is 5.33. The van der Waals surface area contributed by atoms with Gasteiger partial charge in [0, 0.05) is 38.9 Å². The molecule has 0 radical (unpaired) electrons. The summed E-state index contributed by atoms with van der Waals surface area (Å²) in [6, 6.07) is 5.59. The Kier molecular flexibility index (Phi) is 6.88. The van der Waals surface area contributed by atoms with E-state index in [1.54, 1.807) is 18.3 Å². The number of nitrogens with zero attached hydrogens (tertiary/aromatic N) is 4. The standard InChI is InChI=1S/C20H29N5O2/c1-16-4-2-3-5-18(16)27-13-8-23-20(26)25-11-9-24(10-12-25)19-14-17(15-21)6-7-22-19/h6-7,14,16,18H,2-5,8-13H2,1H3,(H,23,26). The van der Waals surface area contributed by atoms with Crippen LogP contribution in [0.15, 0.2) is 18.3 Å². The number of nitriles is 1. The number of urea groups is 1. The first-order chi connectivity index (χ1) is 13.2. The van der Waals surface area contributed by atoms with Gasteiger partial charge in [-0.3, -0.25) is 0 Å². The number of ether oxygens (including phenoxy) is 1. The zero-order valence-electron chi connectivity index (χ0n) is 16.1. The van der Waals surface area contributed by atoms with E-state index in [0.29, 0.717) is 56.9 Å². The molecule has 1 aromatic rings. The van der Waals surface area contributed by atoms with Crippen LogP contribution in [0.3, 0.4) is 0 Å². The fourth-order valence-electron chi connectivity index (χ4n) is 3.81. The number of anilines is 1. The van der Waals surface area contributed by atoms with Crippen LogP contribution < -0.4 is 10.2 Å². The van der Waals surface area contributed by atoms with Crippen molar-refractivity contribution in [3.63, 3.8) is 0 Å². The molecule has 1 N–H and O–H groups in total. The van der Waals surface area contributed by atoms with Crippen LogP contribution >= 0.6 is 0 Å². The molecule has 1 aliphatic heterocycles. The predicted molar refractivity (Wildman–Crippen MR) is 104 cm³/mol. The van der Waals surface area contributed by atoms with Crippen LogP contribution in [0, 0.1) is 17.2 Å². The smallest absolute Gasteiger partial charge is 0.317 e. The van der Waals surface area contributed by atoms with Crippen LogP contribution in [-0.4, -0.2) is 61.3 Å². The van der Waals surface area contributed by atoms with Gasteiger partial charge < -0.3 is 19.9 Å². The number of pyridine rings is 1. The van der Waals surface area contributed by atoms with Crippen molar-refractivity contribution in [1.29, 1.82) is 5.26 Å². The second kappa shape index (κ2) is 9.56. The number of nitrogens with one attached hydrogen (secondary N) is 1. The number of rotatable bonds is 5. The van der Waals surface area contributed by atoms with Crippen molar-refractivity contribution in [2.24, 2.45) is 5.92 Å². The minimum Gasteiger partial charge on any atom is -0.376 e. The van der Waals surface area contributed by atoms with Crippen molar-refractivity contribution >= 4 is 11.8 Å². The van der Waals surface area contributed by atoms with Gasteiger partial charge in [0.1, 0.15) is 5.82 Å². The molecule has 1 aromatic heterocycles. The molecule has 1 aliphatic carbocycles. The maximum atomic E-state index is 12.3. The van der Waals surface area contributed by atoms with E-state index < -0.39 is 0 Å². The molecule has 2 amide bonds. The summed E-state index contributed by atoms with van der Waals surface area (Å²) in [5.41, 5.74) is 0.604. The molecule has 0 spiro atoms. The van der Waals surface area contributed by atoms with E-state index in [-0.39, 0.29) is 6.03 Å². The Bertz CT molecular complexity index is 667. The third-order valence-electron chi connectivity index (χ3n) is 5.51. The lowest BCUT2D eigenvalue weighted by Crippen LogP contribution is -2.52. The van der Waals surface area contributed by atoms with Gasteiger partial charge in [0.05, 0.1) is 24.3 Å². The highest BCUT2D eigenvalue weighted by molar-refractivity contribution is 5.74. The predicted octanol–water partition coefficient (Wildman–Crippen LogP) is 2.38. The number of carbonyl (C=O) groups excluding carboxylic acids is 1.